The molecule has 0 radical (unpaired) electrons. The zero-order chi connectivity index (χ0) is 14.0. The summed E-state index contributed by atoms with van der Waals surface area (Å²) in [6.07, 6.45) is -3.11. The number of carbonyl (C=O) groups excluding carboxylic acids is 1. The van der Waals surface area contributed by atoms with Gasteiger partial charge in [0.1, 0.15) is 0 Å². The van der Waals surface area contributed by atoms with E-state index in [2.05, 4.69) is 5.32 Å². The lowest BCUT2D eigenvalue weighted by Crippen LogP contribution is -2.27. The number of anilines is 1. The standard InChI is InChI=1S/C12H13F3N2OS/c13-12(14,15)7-1-3-10(9(16)5-7)19-6-8-2-4-11(18)17-8/h1,3,5,8H,2,4,6,16H2,(H,17,18). The van der Waals surface area contributed by atoms with Crippen molar-refractivity contribution in [2.45, 2.75) is 30.0 Å². The lowest BCUT2D eigenvalue weighted by molar-refractivity contribution is -0.137. The zero-order valence-corrected chi connectivity index (χ0v) is 10.8. The van der Waals surface area contributed by atoms with E-state index in [4.69, 9.17) is 5.73 Å². The summed E-state index contributed by atoms with van der Waals surface area (Å²) in [5.41, 5.74) is 4.99. The first kappa shape index (κ1) is 14.0. The molecule has 104 valence electrons. The molecule has 0 spiro atoms. The Hall–Kier alpha value is -1.37. The molecular formula is C12H13F3N2OS. The number of thioether (sulfide) groups is 1. The largest absolute Gasteiger partial charge is 0.416 e. The Labute approximate surface area is 112 Å². The first-order chi connectivity index (χ1) is 8.86. The topological polar surface area (TPSA) is 55.1 Å². The number of rotatable bonds is 3. The molecule has 1 fully saturated rings. The van der Waals surface area contributed by atoms with Gasteiger partial charge in [0.15, 0.2) is 0 Å². The summed E-state index contributed by atoms with van der Waals surface area (Å²) in [4.78, 5) is 11.6. The highest BCUT2D eigenvalue weighted by Gasteiger charge is 2.31. The molecule has 19 heavy (non-hydrogen) atoms. The van der Waals surface area contributed by atoms with Crippen molar-refractivity contribution in [2.24, 2.45) is 0 Å². The number of halogens is 3. The molecule has 1 amide bonds. The van der Waals surface area contributed by atoms with Crippen molar-refractivity contribution in [3.05, 3.63) is 23.8 Å². The highest BCUT2D eigenvalue weighted by molar-refractivity contribution is 7.99. The maximum Gasteiger partial charge on any atom is 0.416 e. The lowest BCUT2D eigenvalue weighted by atomic mass is 10.2. The van der Waals surface area contributed by atoms with Crippen molar-refractivity contribution in [2.75, 3.05) is 11.5 Å². The van der Waals surface area contributed by atoms with Crippen LogP contribution in [-0.2, 0) is 11.0 Å². The fourth-order valence-corrected chi connectivity index (χ4v) is 2.87. The molecule has 3 N–H and O–H groups in total. The molecule has 1 heterocycles. The number of nitrogens with two attached hydrogens (primary N) is 1. The van der Waals surface area contributed by atoms with Crippen molar-refractivity contribution >= 4 is 23.4 Å². The summed E-state index contributed by atoms with van der Waals surface area (Å²) in [5.74, 6) is 0.632. The zero-order valence-electron chi connectivity index (χ0n) is 9.96. The third kappa shape index (κ3) is 3.56. The van der Waals surface area contributed by atoms with Crippen LogP contribution in [0.25, 0.3) is 0 Å². The summed E-state index contributed by atoms with van der Waals surface area (Å²) in [6, 6.07) is 3.40. The minimum atomic E-state index is -4.38. The van der Waals surface area contributed by atoms with Crippen LogP contribution in [0.2, 0.25) is 0 Å². The molecule has 1 atom stereocenters. The number of carbonyl (C=O) groups is 1. The average Bonchev–Trinajstić information content (AvgIpc) is 2.72. The van der Waals surface area contributed by atoms with E-state index in [-0.39, 0.29) is 17.6 Å². The van der Waals surface area contributed by atoms with Gasteiger partial charge in [-0.05, 0) is 24.6 Å². The van der Waals surface area contributed by atoms with Crippen LogP contribution >= 0.6 is 11.8 Å². The Morgan fingerprint density at radius 3 is 2.68 bits per heavy atom. The monoisotopic (exact) mass is 290 g/mol. The van der Waals surface area contributed by atoms with Crippen LogP contribution in [-0.4, -0.2) is 17.7 Å². The Balaban J connectivity index is 1.99. The predicted octanol–water partition coefficient (Wildman–Crippen LogP) is 2.66. The molecule has 3 nitrogen and oxygen atoms in total. The fourth-order valence-electron chi connectivity index (χ4n) is 1.85. The third-order valence-electron chi connectivity index (χ3n) is 2.86. The van der Waals surface area contributed by atoms with Crippen molar-refractivity contribution in [1.29, 1.82) is 0 Å². The van der Waals surface area contributed by atoms with Crippen LogP contribution in [0.5, 0.6) is 0 Å². The molecule has 2 rings (SSSR count). The molecule has 0 saturated carbocycles. The molecular weight excluding hydrogens is 277 g/mol. The van der Waals surface area contributed by atoms with Gasteiger partial charge in [0.2, 0.25) is 5.91 Å². The number of hydrogen-bond acceptors (Lipinski definition) is 3. The van der Waals surface area contributed by atoms with Gasteiger partial charge in [-0.15, -0.1) is 11.8 Å². The number of amides is 1. The minimum absolute atomic E-state index is 0.0194. The Morgan fingerprint density at radius 1 is 1.42 bits per heavy atom. The van der Waals surface area contributed by atoms with E-state index in [0.717, 1.165) is 18.6 Å². The second-order valence-corrected chi connectivity index (χ2v) is 5.43. The number of hydrogen-bond donors (Lipinski definition) is 2. The van der Waals surface area contributed by atoms with Crippen LogP contribution in [0, 0.1) is 0 Å². The molecule has 1 saturated heterocycles. The second-order valence-electron chi connectivity index (χ2n) is 4.36. The molecule has 1 aromatic rings. The second kappa shape index (κ2) is 5.32. The van der Waals surface area contributed by atoms with E-state index >= 15 is 0 Å². The van der Waals surface area contributed by atoms with Crippen molar-refractivity contribution in [3.8, 4) is 0 Å². The van der Waals surface area contributed by atoms with Gasteiger partial charge in [0, 0.05) is 28.8 Å². The smallest absolute Gasteiger partial charge is 0.398 e. The number of nitrogens with one attached hydrogen (secondary N) is 1. The van der Waals surface area contributed by atoms with Crippen LogP contribution < -0.4 is 11.1 Å². The summed E-state index contributed by atoms with van der Waals surface area (Å²) in [5, 5.41) is 2.80. The van der Waals surface area contributed by atoms with Crippen LogP contribution in [0.3, 0.4) is 0 Å². The van der Waals surface area contributed by atoms with Gasteiger partial charge in [0.25, 0.3) is 0 Å². The molecule has 0 aliphatic carbocycles. The van der Waals surface area contributed by atoms with Gasteiger partial charge >= 0.3 is 6.18 Å². The van der Waals surface area contributed by atoms with Gasteiger partial charge in [-0.2, -0.15) is 13.2 Å². The highest BCUT2D eigenvalue weighted by atomic mass is 32.2. The van der Waals surface area contributed by atoms with Gasteiger partial charge in [-0.25, -0.2) is 0 Å². The summed E-state index contributed by atoms with van der Waals surface area (Å²) < 4.78 is 37.4. The fraction of sp³-hybridized carbons (Fsp3) is 0.417. The number of alkyl halides is 3. The summed E-state index contributed by atoms with van der Waals surface area (Å²) in [6.45, 7) is 0. The highest BCUT2D eigenvalue weighted by Crippen LogP contribution is 2.34. The van der Waals surface area contributed by atoms with E-state index < -0.39 is 11.7 Å². The molecule has 0 aromatic heterocycles. The van der Waals surface area contributed by atoms with E-state index in [9.17, 15) is 18.0 Å². The summed E-state index contributed by atoms with van der Waals surface area (Å²) >= 11 is 1.36. The number of benzene rings is 1. The maximum absolute atomic E-state index is 12.5. The minimum Gasteiger partial charge on any atom is -0.398 e. The van der Waals surface area contributed by atoms with Gasteiger partial charge in [0.05, 0.1) is 5.56 Å². The molecule has 1 unspecified atom stereocenters. The Kier molecular flexibility index (Phi) is 3.93. The SMILES string of the molecule is Nc1cc(C(F)(F)F)ccc1SCC1CCC(=O)N1. The maximum atomic E-state index is 12.5. The van der Waals surface area contributed by atoms with Crippen molar-refractivity contribution < 1.29 is 18.0 Å². The predicted molar refractivity (Wildman–Crippen MR) is 67.7 cm³/mol. The molecule has 1 aromatic carbocycles. The van der Waals surface area contributed by atoms with Gasteiger partial charge in [-0.3, -0.25) is 4.79 Å². The third-order valence-corrected chi connectivity index (χ3v) is 4.11. The van der Waals surface area contributed by atoms with Crippen LogP contribution in [0.15, 0.2) is 23.1 Å². The first-order valence-corrected chi connectivity index (χ1v) is 6.73. The molecule has 0 bridgehead atoms. The molecule has 1 aliphatic rings. The summed E-state index contributed by atoms with van der Waals surface area (Å²) in [7, 11) is 0. The van der Waals surface area contributed by atoms with Crippen molar-refractivity contribution in [3.63, 3.8) is 0 Å². The normalized spacial score (nSPS) is 19.5. The van der Waals surface area contributed by atoms with E-state index in [1.165, 1.54) is 17.8 Å². The van der Waals surface area contributed by atoms with Crippen molar-refractivity contribution in [1.82, 2.24) is 5.32 Å². The van der Waals surface area contributed by atoms with Crippen LogP contribution in [0.4, 0.5) is 18.9 Å². The van der Waals surface area contributed by atoms with Gasteiger partial charge < -0.3 is 11.1 Å². The number of nitrogen functional groups attached to an aromatic ring is 1. The average molecular weight is 290 g/mol. The first-order valence-electron chi connectivity index (χ1n) is 5.75. The molecule has 1 aliphatic heterocycles. The van der Waals surface area contributed by atoms with E-state index in [1.807, 2.05) is 0 Å². The Morgan fingerprint density at radius 2 is 2.16 bits per heavy atom. The quantitative estimate of drug-likeness (QED) is 0.664. The van der Waals surface area contributed by atoms with E-state index in [1.54, 1.807) is 0 Å². The van der Waals surface area contributed by atoms with Gasteiger partial charge in [-0.1, -0.05) is 0 Å². The Bertz CT molecular complexity index is 490. The molecule has 7 heteroatoms. The van der Waals surface area contributed by atoms with Crippen LogP contribution in [0.1, 0.15) is 18.4 Å². The van der Waals surface area contributed by atoms with E-state index in [0.29, 0.717) is 17.1 Å². The lowest BCUT2D eigenvalue weighted by Gasteiger charge is -2.12.